The molecule has 0 aromatic carbocycles. The van der Waals surface area contributed by atoms with Crippen molar-refractivity contribution in [3.8, 4) is 0 Å². The van der Waals surface area contributed by atoms with Gasteiger partial charge in [0.15, 0.2) is 0 Å². The maximum absolute atomic E-state index is 12.5. The molecule has 0 aliphatic carbocycles. The standard InChI is InChI=1S/C74H139NO5/c1-3-5-7-9-11-13-15-17-19-36-39-42-46-50-54-58-62-66-72(77)71(70-76)75-73(78)67-63-59-55-51-47-43-40-37-34-32-30-28-26-24-22-20-21-23-25-27-29-31-33-35-38-41-45-49-53-57-61-65-69-80-74(79)68-64-60-56-52-48-44-18-16-14-12-10-8-6-4-2/h10,12,16,18,23,25,62,66,71-72,76-77H,3-9,11,13-15,17,19-22,24,26-61,63-65,67-70H2,1-2H3,(H,75,78)/b12-10-,18-16-,25-23-,66-62+. The number of aliphatic hydroxyl groups is 2. The molecule has 1 amide bonds. The SMILES string of the molecule is CCCC/C=C\C/C=C\CCCCCCCC(=O)OCCCCCCCCCCCCCC/C=C\CCCCCCCCCCCCCCCCCCC(=O)NC(CO)C(O)/C=C/CCCCCCCCCCCCCCCCC. The largest absolute Gasteiger partial charge is 0.466 e. The van der Waals surface area contributed by atoms with Crippen LogP contribution in [0.15, 0.2) is 48.6 Å². The fourth-order valence-electron chi connectivity index (χ4n) is 11.1. The highest BCUT2D eigenvalue weighted by molar-refractivity contribution is 5.76. The van der Waals surface area contributed by atoms with Crippen molar-refractivity contribution < 1.29 is 24.5 Å². The molecule has 2 unspecified atom stereocenters. The van der Waals surface area contributed by atoms with Crippen LogP contribution in [-0.4, -0.2) is 47.4 Å². The Morgan fingerprint density at radius 3 is 1.00 bits per heavy atom. The molecule has 0 heterocycles. The number of hydrogen-bond donors (Lipinski definition) is 3. The van der Waals surface area contributed by atoms with E-state index in [4.69, 9.17) is 4.74 Å². The molecule has 470 valence electrons. The predicted octanol–water partition coefficient (Wildman–Crippen LogP) is 23.3. The minimum Gasteiger partial charge on any atom is -0.466 e. The number of allylic oxidation sites excluding steroid dienone is 7. The molecule has 2 atom stereocenters. The van der Waals surface area contributed by atoms with E-state index in [1.54, 1.807) is 6.08 Å². The van der Waals surface area contributed by atoms with E-state index in [9.17, 15) is 19.8 Å². The fourth-order valence-corrected chi connectivity index (χ4v) is 11.1. The number of nitrogens with one attached hydrogen (secondary N) is 1. The van der Waals surface area contributed by atoms with Gasteiger partial charge in [0, 0.05) is 12.8 Å². The summed E-state index contributed by atoms with van der Waals surface area (Å²) in [6.45, 7) is 4.88. The van der Waals surface area contributed by atoms with Crippen molar-refractivity contribution in [1.29, 1.82) is 0 Å². The molecule has 6 nitrogen and oxygen atoms in total. The van der Waals surface area contributed by atoms with Crippen molar-refractivity contribution in [2.45, 2.75) is 398 Å². The number of unbranched alkanes of at least 4 members (excludes halogenated alkanes) is 50. The van der Waals surface area contributed by atoms with E-state index < -0.39 is 12.1 Å². The van der Waals surface area contributed by atoms with Crippen LogP contribution in [0.4, 0.5) is 0 Å². The first-order valence-corrected chi connectivity index (χ1v) is 35.9. The molecule has 0 rings (SSSR count). The monoisotopic (exact) mass is 1120 g/mol. The first-order chi connectivity index (χ1) is 39.5. The minimum atomic E-state index is -0.843. The van der Waals surface area contributed by atoms with Crippen molar-refractivity contribution in [2.75, 3.05) is 13.2 Å². The molecular formula is C74H139NO5. The van der Waals surface area contributed by atoms with Crippen LogP contribution in [0.5, 0.6) is 0 Å². The number of ether oxygens (including phenoxy) is 1. The van der Waals surface area contributed by atoms with E-state index in [0.29, 0.717) is 19.4 Å². The second-order valence-corrected chi connectivity index (χ2v) is 24.6. The second-order valence-electron chi connectivity index (χ2n) is 24.6. The number of esters is 1. The van der Waals surface area contributed by atoms with E-state index in [2.05, 4.69) is 55.6 Å². The van der Waals surface area contributed by atoms with Crippen molar-refractivity contribution in [3.05, 3.63) is 48.6 Å². The maximum Gasteiger partial charge on any atom is 0.305 e. The minimum absolute atomic E-state index is 0.00331. The Hall–Kier alpha value is -2.18. The average Bonchev–Trinajstić information content (AvgIpc) is 3.46. The van der Waals surface area contributed by atoms with Gasteiger partial charge in [0.2, 0.25) is 5.91 Å². The number of carbonyl (C=O) groups is 2. The number of carbonyl (C=O) groups excluding carboxylic acids is 2. The lowest BCUT2D eigenvalue weighted by molar-refractivity contribution is -0.143. The van der Waals surface area contributed by atoms with Gasteiger partial charge in [-0.05, 0) is 83.5 Å². The molecule has 0 saturated heterocycles. The van der Waals surface area contributed by atoms with Crippen LogP contribution in [-0.2, 0) is 14.3 Å². The van der Waals surface area contributed by atoms with Gasteiger partial charge < -0.3 is 20.3 Å². The third kappa shape index (κ3) is 65.0. The molecule has 0 fully saturated rings. The Morgan fingerprint density at radius 1 is 0.350 bits per heavy atom. The number of rotatable bonds is 67. The van der Waals surface area contributed by atoms with Crippen LogP contribution in [0.3, 0.4) is 0 Å². The Balaban J connectivity index is 3.38. The average molecular weight is 1120 g/mol. The molecule has 0 aliphatic rings. The number of hydrogen-bond acceptors (Lipinski definition) is 5. The second kappa shape index (κ2) is 69.3. The van der Waals surface area contributed by atoms with Gasteiger partial charge in [-0.25, -0.2) is 0 Å². The molecular weight excluding hydrogens is 983 g/mol. The van der Waals surface area contributed by atoms with Gasteiger partial charge in [-0.2, -0.15) is 0 Å². The van der Waals surface area contributed by atoms with Gasteiger partial charge in [-0.3, -0.25) is 9.59 Å². The zero-order valence-corrected chi connectivity index (χ0v) is 53.8. The third-order valence-corrected chi connectivity index (χ3v) is 16.6. The molecule has 6 heteroatoms. The van der Waals surface area contributed by atoms with Gasteiger partial charge in [-0.1, -0.05) is 339 Å². The highest BCUT2D eigenvalue weighted by Gasteiger charge is 2.18. The third-order valence-electron chi connectivity index (χ3n) is 16.6. The highest BCUT2D eigenvalue weighted by Crippen LogP contribution is 2.18. The first kappa shape index (κ1) is 77.8. The molecule has 0 aliphatic heterocycles. The molecule has 0 radical (unpaired) electrons. The molecule has 0 bridgehead atoms. The van der Waals surface area contributed by atoms with Crippen LogP contribution in [0.25, 0.3) is 0 Å². The molecule has 0 aromatic rings. The smallest absolute Gasteiger partial charge is 0.305 e. The van der Waals surface area contributed by atoms with Gasteiger partial charge >= 0.3 is 5.97 Å². The summed E-state index contributed by atoms with van der Waals surface area (Å²) >= 11 is 0. The van der Waals surface area contributed by atoms with Crippen LogP contribution in [0, 0.1) is 0 Å². The van der Waals surface area contributed by atoms with Crippen molar-refractivity contribution in [3.63, 3.8) is 0 Å². The van der Waals surface area contributed by atoms with E-state index in [0.717, 1.165) is 51.4 Å². The summed E-state index contributed by atoms with van der Waals surface area (Å²) in [6, 6.07) is -0.627. The lowest BCUT2D eigenvalue weighted by atomic mass is 10.0. The van der Waals surface area contributed by atoms with Crippen LogP contribution in [0.1, 0.15) is 386 Å². The summed E-state index contributed by atoms with van der Waals surface area (Å²) in [6.07, 6.45) is 90.6. The number of aliphatic hydroxyl groups excluding tert-OH is 2. The van der Waals surface area contributed by atoms with Crippen molar-refractivity contribution in [1.82, 2.24) is 5.32 Å². The van der Waals surface area contributed by atoms with E-state index in [1.807, 2.05) is 6.08 Å². The van der Waals surface area contributed by atoms with E-state index in [1.165, 1.54) is 308 Å². The molecule has 80 heavy (non-hydrogen) atoms. The lowest BCUT2D eigenvalue weighted by Gasteiger charge is -2.20. The summed E-state index contributed by atoms with van der Waals surface area (Å²) in [7, 11) is 0. The Morgan fingerprint density at radius 2 is 0.637 bits per heavy atom. The summed E-state index contributed by atoms with van der Waals surface area (Å²) < 4.78 is 5.48. The van der Waals surface area contributed by atoms with Crippen LogP contribution < -0.4 is 5.32 Å². The maximum atomic E-state index is 12.5. The topological polar surface area (TPSA) is 95.9 Å². The van der Waals surface area contributed by atoms with Crippen LogP contribution >= 0.6 is 0 Å². The zero-order valence-electron chi connectivity index (χ0n) is 53.8. The van der Waals surface area contributed by atoms with E-state index in [-0.39, 0.29) is 18.5 Å². The van der Waals surface area contributed by atoms with Gasteiger partial charge in [0.05, 0.1) is 25.4 Å². The summed E-state index contributed by atoms with van der Waals surface area (Å²) in [4.78, 5) is 24.6. The van der Waals surface area contributed by atoms with Gasteiger partial charge in [0.25, 0.3) is 0 Å². The molecule has 0 saturated carbocycles. The van der Waals surface area contributed by atoms with Crippen molar-refractivity contribution >= 4 is 11.9 Å². The lowest BCUT2D eigenvalue weighted by Crippen LogP contribution is -2.45. The van der Waals surface area contributed by atoms with Gasteiger partial charge in [-0.15, -0.1) is 0 Å². The van der Waals surface area contributed by atoms with Crippen LogP contribution in [0.2, 0.25) is 0 Å². The highest BCUT2D eigenvalue weighted by atomic mass is 16.5. The zero-order chi connectivity index (χ0) is 57.8. The Bertz CT molecular complexity index is 1340. The van der Waals surface area contributed by atoms with Crippen molar-refractivity contribution in [2.24, 2.45) is 0 Å². The summed E-state index contributed by atoms with van der Waals surface area (Å²) in [5, 5.41) is 23.2. The first-order valence-electron chi connectivity index (χ1n) is 35.9. The predicted molar refractivity (Wildman–Crippen MR) is 352 cm³/mol. The summed E-state index contributed by atoms with van der Waals surface area (Å²) in [5.74, 6) is -0.0596. The molecule has 0 aromatic heterocycles. The van der Waals surface area contributed by atoms with Gasteiger partial charge in [0.1, 0.15) is 0 Å². The molecule has 0 spiro atoms. The van der Waals surface area contributed by atoms with E-state index >= 15 is 0 Å². The number of amides is 1. The summed E-state index contributed by atoms with van der Waals surface area (Å²) in [5.41, 5.74) is 0. The molecule has 3 N–H and O–H groups in total. The Labute approximate surface area is 499 Å². The normalized spacial score (nSPS) is 12.8. The fraction of sp³-hybridized carbons (Fsp3) is 0.865. The quantitative estimate of drug-likeness (QED) is 0.0320. The Kier molecular flexibility index (Phi) is 67.4.